The summed E-state index contributed by atoms with van der Waals surface area (Å²) in [6, 6.07) is 7.49. The average molecular weight is 399 g/mol. The summed E-state index contributed by atoms with van der Waals surface area (Å²) in [4.78, 5) is 27.1. The normalized spacial score (nSPS) is 21.8. The van der Waals surface area contributed by atoms with Gasteiger partial charge >= 0.3 is 5.97 Å². The summed E-state index contributed by atoms with van der Waals surface area (Å²) in [7, 11) is 0. The second-order valence-electron chi connectivity index (χ2n) is 6.97. The van der Waals surface area contributed by atoms with E-state index in [-0.39, 0.29) is 25.0 Å². The molecule has 0 unspecified atom stereocenters. The largest absolute Gasteiger partial charge is 0.481 e. The quantitative estimate of drug-likeness (QED) is 0.608. The van der Waals surface area contributed by atoms with E-state index in [1.54, 1.807) is 25.1 Å². The number of anilines is 1. The van der Waals surface area contributed by atoms with Crippen molar-refractivity contribution < 1.29 is 23.8 Å². The van der Waals surface area contributed by atoms with Gasteiger partial charge in [-0.05, 0) is 37.3 Å². The first-order valence-electron chi connectivity index (χ1n) is 8.77. The Kier molecular flexibility index (Phi) is 4.73. The lowest BCUT2D eigenvalue weighted by molar-refractivity contribution is -0.236. The van der Waals surface area contributed by atoms with Crippen LogP contribution in [0.2, 0.25) is 0 Å². The molecule has 10 heteroatoms. The first-order chi connectivity index (χ1) is 13.9. The summed E-state index contributed by atoms with van der Waals surface area (Å²) >= 11 is 0. The fraction of sp³-hybridized carbons (Fsp3) is 0.263. The van der Waals surface area contributed by atoms with Gasteiger partial charge in [-0.25, -0.2) is 19.3 Å². The molecule has 0 saturated carbocycles. The number of ether oxygens (including phenoxy) is 2. The number of nitrogens with one attached hydrogen (secondary N) is 1. The number of benzene rings is 1. The second kappa shape index (κ2) is 7.22. The average Bonchev–Trinajstić information content (AvgIpc) is 3.14. The number of H-pyrrole nitrogens is 1. The molecule has 4 N–H and O–H groups in total. The Morgan fingerprint density at radius 2 is 1.93 bits per heavy atom. The van der Waals surface area contributed by atoms with Crippen LogP contribution in [0.15, 0.2) is 36.5 Å². The SMILES string of the molecule is CC1(C(=O)O)COC(c2nc(-c3ccc(F)cc3)c(-c3ccnc(N)n3)[nH]2)OC1. The zero-order chi connectivity index (χ0) is 20.6. The molecular formula is C19H18FN5O4. The lowest BCUT2D eigenvalue weighted by atomic mass is 9.92. The number of imidazole rings is 1. The maximum Gasteiger partial charge on any atom is 0.314 e. The number of hydrogen-bond acceptors (Lipinski definition) is 7. The van der Waals surface area contributed by atoms with Crippen LogP contribution < -0.4 is 5.73 Å². The molecule has 0 atom stereocenters. The molecule has 0 amide bonds. The van der Waals surface area contributed by atoms with Crippen LogP contribution >= 0.6 is 0 Å². The van der Waals surface area contributed by atoms with Crippen molar-refractivity contribution in [2.45, 2.75) is 13.2 Å². The van der Waals surface area contributed by atoms with Crippen LogP contribution in [0.4, 0.5) is 10.3 Å². The van der Waals surface area contributed by atoms with Crippen molar-refractivity contribution in [3.63, 3.8) is 0 Å². The minimum absolute atomic E-state index is 0.0324. The first kappa shape index (κ1) is 19.0. The van der Waals surface area contributed by atoms with Gasteiger partial charge in [-0.15, -0.1) is 0 Å². The smallest absolute Gasteiger partial charge is 0.314 e. The predicted octanol–water partition coefficient (Wildman–Crippen LogP) is 2.39. The van der Waals surface area contributed by atoms with Crippen LogP contribution in [0.1, 0.15) is 19.0 Å². The molecule has 29 heavy (non-hydrogen) atoms. The van der Waals surface area contributed by atoms with Crippen LogP contribution in [0.5, 0.6) is 0 Å². The second-order valence-corrected chi connectivity index (χ2v) is 6.97. The van der Waals surface area contributed by atoms with Gasteiger partial charge in [0.1, 0.15) is 11.2 Å². The lowest BCUT2D eigenvalue weighted by Gasteiger charge is -2.33. The summed E-state index contributed by atoms with van der Waals surface area (Å²) in [5.74, 6) is -0.946. The number of hydrogen-bond donors (Lipinski definition) is 3. The molecule has 1 aromatic carbocycles. The van der Waals surface area contributed by atoms with Crippen LogP contribution in [0.3, 0.4) is 0 Å². The third kappa shape index (κ3) is 3.67. The molecule has 0 radical (unpaired) electrons. The fourth-order valence-corrected chi connectivity index (χ4v) is 2.91. The Morgan fingerprint density at radius 1 is 1.24 bits per heavy atom. The molecule has 2 aromatic heterocycles. The van der Waals surface area contributed by atoms with E-state index in [4.69, 9.17) is 15.2 Å². The first-order valence-corrected chi connectivity index (χ1v) is 8.77. The standard InChI is InChI=1S/C19H18FN5O4/c1-19(17(26)27)8-28-16(29-9-19)15-24-13(10-2-4-11(20)5-3-10)14(25-15)12-6-7-22-18(21)23-12/h2-7,16H,8-9H2,1H3,(H,24,25)(H,26,27)(H2,21,22,23). The highest BCUT2D eigenvalue weighted by Gasteiger charge is 2.41. The highest BCUT2D eigenvalue weighted by atomic mass is 19.1. The molecule has 0 bridgehead atoms. The summed E-state index contributed by atoms with van der Waals surface area (Å²) < 4.78 is 24.6. The number of aromatic amines is 1. The van der Waals surface area contributed by atoms with Crippen LogP contribution in [0.25, 0.3) is 22.6 Å². The minimum Gasteiger partial charge on any atom is -0.481 e. The van der Waals surface area contributed by atoms with Gasteiger partial charge in [0, 0.05) is 11.8 Å². The molecule has 1 saturated heterocycles. The summed E-state index contributed by atoms with van der Waals surface area (Å²) in [5.41, 5.74) is 6.73. The highest BCUT2D eigenvalue weighted by Crippen LogP contribution is 2.35. The Hall–Kier alpha value is -3.37. The number of carboxylic acids is 1. The van der Waals surface area contributed by atoms with Crippen molar-refractivity contribution in [1.29, 1.82) is 0 Å². The van der Waals surface area contributed by atoms with Crippen molar-refractivity contribution in [3.8, 4) is 22.6 Å². The number of aromatic nitrogens is 4. The van der Waals surface area contributed by atoms with E-state index in [2.05, 4.69) is 19.9 Å². The molecule has 9 nitrogen and oxygen atoms in total. The molecular weight excluding hydrogens is 381 g/mol. The summed E-state index contributed by atoms with van der Waals surface area (Å²) in [6.45, 7) is 1.48. The topological polar surface area (TPSA) is 136 Å². The van der Waals surface area contributed by atoms with Gasteiger partial charge in [0.25, 0.3) is 0 Å². The number of aliphatic carboxylic acids is 1. The third-order valence-electron chi connectivity index (χ3n) is 4.62. The maximum atomic E-state index is 13.4. The zero-order valence-corrected chi connectivity index (χ0v) is 15.4. The molecule has 150 valence electrons. The molecule has 4 rings (SSSR count). The highest BCUT2D eigenvalue weighted by molar-refractivity contribution is 5.77. The Balaban J connectivity index is 1.72. The molecule has 0 aliphatic carbocycles. The van der Waals surface area contributed by atoms with E-state index in [1.165, 1.54) is 18.3 Å². The Bertz CT molecular complexity index is 1050. The number of carbonyl (C=O) groups is 1. The number of nitrogen functional groups attached to an aromatic ring is 1. The van der Waals surface area contributed by atoms with E-state index < -0.39 is 17.7 Å². The van der Waals surface area contributed by atoms with E-state index in [1.807, 2.05) is 0 Å². The van der Waals surface area contributed by atoms with Gasteiger partial charge in [0.2, 0.25) is 12.2 Å². The number of nitrogens with zero attached hydrogens (tertiary/aromatic N) is 3. The van der Waals surface area contributed by atoms with Crippen molar-refractivity contribution in [1.82, 2.24) is 19.9 Å². The van der Waals surface area contributed by atoms with Gasteiger partial charge in [-0.1, -0.05) is 0 Å². The van der Waals surface area contributed by atoms with Crippen molar-refractivity contribution in [3.05, 3.63) is 48.2 Å². The number of halogens is 1. The number of carboxylic acid groups (broad SMARTS) is 1. The Morgan fingerprint density at radius 3 is 2.55 bits per heavy atom. The maximum absolute atomic E-state index is 13.4. The lowest BCUT2D eigenvalue weighted by Crippen LogP contribution is -2.42. The molecule has 1 aliphatic rings. The minimum atomic E-state index is -1.13. The van der Waals surface area contributed by atoms with E-state index in [9.17, 15) is 14.3 Å². The van der Waals surface area contributed by atoms with Crippen LogP contribution in [-0.4, -0.2) is 44.2 Å². The molecule has 3 aromatic rings. The van der Waals surface area contributed by atoms with Crippen LogP contribution in [-0.2, 0) is 14.3 Å². The molecule has 1 fully saturated rings. The molecule has 3 heterocycles. The third-order valence-corrected chi connectivity index (χ3v) is 4.62. The van der Waals surface area contributed by atoms with Crippen LogP contribution in [0, 0.1) is 11.2 Å². The zero-order valence-electron chi connectivity index (χ0n) is 15.4. The Labute approximate surface area is 164 Å². The van der Waals surface area contributed by atoms with Gasteiger partial charge in [0.05, 0.1) is 30.3 Å². The monoisotopic (exact) mass is 399 g/mol. The fourth-order valence-electron chi connectivity index (χ4n) is 2.91. The van der Waals surface area contributed by atoms with E-state index >= 15 is 0 Å². The number of nitrogens with two attached hydrogens (primary N) is 1. The summed E-state index contributed by atoms with van der Waals surface area (Å²) in [6.07, 6.45) is 0.632. The van der Waals surface area contributed by atoms with Crippen molar-refractivity contribution in [2.24, 2.45) is 5.41 Å². The van der Waals surface area contributed by atoms with Crippen molar-refractivity contribution in [2.75, 3.05) is 18.9 Å². The van der Waals surface area contributed by atoms with E-state index in [0.717, 1.165) is 0 Å². The summed E-state index contributed by atoms with van der Waals surface area (Å²) in [5, 5.41) is 9.31. The van der Waals surface area contributed by atoms with Gasteiger partial charge in [-0.2, -0.15) is 0 Å². The predicted molar refractivity (Wildman–Crippen MR) is 99.8 cm³/mol. The van der Waals surface area contributed by atoms with Gasteiger partial charge in [0.15, 0.2) is 5.82 Å². The van der Waals surface area contributed by atoms with Gasteiger partial charge < -0.3 is 25.3 Å². The van der Waals surface area contributed by atoms with Crippen molar-refractivity contribution >= 4 is 11.9 Å². The van der Waals surface area contributed by atoms with E-state index in [0.29, 0.717) is 28.5 Å². The molecule has 1 aliphatic heterocycles. The van der Waals surface area contributed by atoms with Gasteiger partial charge in [-0.3, -0.25) is 4.79 Å². The molecule has 0 spiro atoms. The number of rotatable bonds is 4.